The molecule has 2 fully saturated rings. The van der Waals surface area contributed by atoms with Crippen LogP contribution in [0.15, 0.2) is 0 Å². The smallest absolute Gasteiger partial charge is 0.155 e. The van der Waals surface area contributed by atoms with Crippen LogP contribution >= 0.6 is 0 Å². The van der Waals surface area contributed by atoms with E-state index in [0.717, 1.165) is 19.6 Å². The van der Waals surface area contributed by atoms with E-state index >= 15 is 0 Å². The molecule has 15 heavy (non-hydrogen) atoms. The number of fused-ring (bicyclic) bond motifs is 1. The molecule has 3 heteroatoms. The highest BCUT2D eigenvalue weighted by Crippen LogP contribution is 2.30. The minimum atomic E-state index is -0.199. The molecule has 0 amide bonds. The van der Waals surface area contributed by atoms with Gasteiger partial charge in [0.2, 0.25) is 0 Å². The van der Waals surface area contributed by atoms with Gasteiger partial charge in [-0.2, -0.15) is 0 Å². The van der Waals surface area contributed by atoms with Crippen molar-refractivity contribution < 1.29 is 4.79 Å². The molecule has 2 aliphatic rings. The third-order valence-electron chi connectivity index (χ3n) is 3.60. The molecule has 2 unspecified atom stereocenters. The van der Waals surface area contributed by atoms with Crippen LogP contribution in [-0.4, -0.2) is 36.0 Å². The molecule has 0 aromatic rings. The Morgan fingerprint density at radius 1 is 1.33 bits per heavy atom. The molecule has 2 heterocycles. The van der Waals surface area contributed by atoms with Gasteiger partial charge in [-0.3, -0.25) is 9.69 Å². The largest absolute Gasteiger partial charge is 0.303 e. The average Bonchev–Trinajstić information content (AvgIpc) is 2.62. The van der Waals surface area contributed by atoms with Gasteiger partial charge in [0.25, 0.3) is 0 Å². The van der Waals surface area contributed by atoms with Crippen molar-refractivity contribution in [1.29, 1.82) is 0 Å². The summed E-state index contributed by atoms with van der Waals surface area (Å²) in [7, 11) is 0. The molecule has 86 valence electrons. The number of hydrogen-bond donors (Lipinski definition) is 1. The van der Waals surface area contributed by atoms with Crippen LogP contribution in [0.1, 0.15) is 40.0 Å². The number of nitrogens with zero attached hydrogens (tertiary/aromatic N) is 1. The molecule has 0 radical (unpaired) electrons. The monoisotopic (exact) mass is 210 g/mol. The molecule has 2 aliphatic heterocycles. The van der Waals surface area contributed by atoms with Crippen molar-refractivity contribution in [1.82, 2.24) is 10.2 Å². The lowest BCUT2D eigenvalue weighted by Gasteiger charge is -2.38. The summed E-state index contributed by atoms with van der Waals surface area (Å²) in [4.78, 5) is 14.7. The first-order valence-corrected chi connectivity index (χ1v) is 6.01. The quantitative estimate of drug-likeness (QED) is 0.710. The van der Waals surface area contributed by atoms with Crippen LogP contribution in [0.3, 0.4) is 0 Å². The molecule has 3 nitrogen and oxygen atoms in total. The summed E-state index contributed by atoms with van der Waals surface area (Å²) in [5.41, 5.74) is -0.199. The van der Waals surface area contributed by atoms with Gasteiger partial charge in [0.15, 0.2) is 5.78 Å². The molecule has 0 bridgehead atoms. The van der Waals surface area contributed by atoms with Gasteiger partial charge in [-0.25, -0.2) is 0 Å². The van der Waals surface area contributed by atoms with Gasteiger partial charge in [-0.15, -0.1) is 0 Å². The first-order chi connectivity index (χ1) is 7.00. The number of ketones is 1. The van der Waals surface area contributed by atoms with Crippen molar-refractivity contribution in [3.63, 3.8) is 0 Å². The lowest BCUT2D eigenvalue weighted by Crippen LogP contribution is -2.51. The minimum absolute atomic E-state index is 0.166. The normalized spacial score (nSPS) is 32.7. The van der Waals surface area contributed by atoms with Crippen LogP contribution in [0.25, 0.3) is 0 Å². The van der Waals surface area contributed by atoms with Gasteiger partial charge < -0.3 is 5.32 Å². The van der Waals surface area contributed by atoms with Crippen molar-refractivity contribution in [2.45, 2.75) is 52.1 Å². The van der Waals surface area contributed by atoms with E-state index in [1.807, 2.05) is 20.8 Å². The van der Waals surface area contributed by atoms with E-state index in [1.165, 1.54) is 12.8 Å². The molecule has 2 saturated heterocycles. The number of rotatable bonds is 1. The topological polar surface area (TPSA) is 32.3 Å². The van der Waals surface area contributed by atoms with Crippen LogP contribution in [0.2, 0.25) is 0 Å². The predicted molar refractivity (Wildman–Crippen MR) is 60.6 cm³/mol. The number of Topliss-reactive ketones (excluding diaryl/α,β-unsaturated/α-hetero) is 1. The lowest BCUT2D eigenvalue weighted by molar-refractivity contribution is -0.133. The summed E-state index contributed by atoms with van der Waals surface area (Å²) in [6.45, 7) is 8.05. The van der Waals surface area contributed by atoms with Gasteiger partial charge in [0.1, 0.15) is 0 Å². The van der Waals surface area contributed by atoms with E-state index in [4.69, 9.17) is 0 Å². The zero-order valence-electron chi connectivity index (χ0n) is 10.0. The SMILES string of the molecule is CC(C)(C)C(=O)C1CCCC2CNCN21. The lowest BCUT2D eigenvalue weighted by atomic mass is 9.82. The summed E-state index contributed by atoms with van der Waals surface area (Å²) in [6.07, 6.45) is 3.50. The predicted octanol–water partition coefficient (Wildman–Crippen LogP) is 1.39. The van der Waals surface area contributed by atoms with Crippen molar-refractivity contribution in [2.75, 3.05) is 13.2 Å². The van der Waals surface area contributed by atoms with Crippen molar-refractivity contribution >= 4 is 5.78 Å². The van der Waals surface area contributed by atoms with Crippen LogP contribution in [0.5, 0.6) is 0 Å². The maximum absolute atomic E-state index is 12.3. The Bertz CT molecular complexity index is 257. The molecular weight excluding hydrogens is 188 g/mol. The number of hydrogen-bond acceptors (Lipinski definition) is 3. The summed E-state index contributed by atoms with van der Waals surface area (Å²) in [5.74, 6) is 0.413. The summed E-state index contributed by atoms with van der Waals surface area (Å²) >= 11 is 0. The number of nitrogens with one attached hydrogen (secondary N) is 1. The van der Waals surface area contributed by atoms with E-state index < -0.39 is 0 Å². The first kappa shape index (κ1) is 11.1. The van der Waals surface area contributed by atoms with Gasteiger partial charge in [0.05, 0.1) is 6.04 Å². The van der Waals surface area contributed by atoms with Gasteiger partial charge >= 0.3 is 0 Å². The van der Waals surface area contributed by atoms with Crippen LogP contribution in [0, 0.1) is 5.41 Å². The third kappa shape index (κ3) is 2.08. The molecule has 2 atom stereocenters. The summed E-state index contributed by atoms with van der Waals surface area (Å²) in [6, 6.07) is 0.772. The summed E-state index contributed by atoms with van der Waals surface area (Å²) in [5, 5.41) is 3.37. The highest BCUT2D eigenvalue weighted by Gasteiger charge is 2.40. The van der Waals surface area contributed by atoms with Gasteiger partial charge in [0, 0.05) is 24.7 Å². The minimum Gasteiger partial charge on any atom is -0.303 e. The highest BCUT2D eigenvalue weighted by molar-refractivity contribution is 5.88. The Hall–Kier alpha value is -0.410. The fraction of sp³-hybridized carbons (Fsp3) is 0.917. The van der Waals surface area contributed by atoms with E-state index in [2.05, 4.69) is 10.2 Å². The second kappa shape index (κ2) is 3.87. The maximum Gasteiger partial charge on any atom is 0.155 e. The number of carbonyl (C=O) groups excluding carboxylic acids is 1. The van der Waals surface area contributed by atoms with Crippen LogP contribution in [0.4, 0.5) is 0 Å². The molecular formula is C12H22N2O. The van der Waals surface area contributed by atoms with Crippen molar-refractivity contribution in [2.24, 2.45) is 5.41 Å². The Morgan fingerprint density at radius 2 is 2.07 bits per heavy atom. The Balaban J connectivity index is 2.11. The van der Waals surface area contributed by atoms with Gasteiger partial charge in [-0.1, -0.05) is 20.8 Å². The molecule has 0 aliphatic carbocycles. The number of carbonyl (C=O) groups is 1. The van der Waals surface area contributed by atoms with E-state index in [0.29, 0.717) is 11.8 Å². The Kier molecular flexibility index (Phi) is 2.86. The zero-order valence-corrected chi connectivity index (χ0v) is 10.0. The van der Waals surface area contributed by atoms with Crippen molar-refractivity contribution in [3.05, 3.63) is 0 Å². The highest BCUT2D eigenvalue weighted by atomic mass is 16.1. The van der Waals surface area contributed by atoms with Crippen LogP contribution in [-0.2, 0) is 4.79 Å². The van der Waals surface area contributed by atoms with E-state index in [-0.39, 0.29) is 11.5 Å². The summed E-state index contributed by atoms with van der Waals surface area (Å²) < 4.78 is 0. The molecule has 1 N–H and O–H groups in total. The maximum atomic E-state index is 12.3. The standard InChI is InChI=1S/C12H22N2O/c1-12(2,3)11(15)10-6-4-5-9-7-13-8-14(9)10/h9-10,13H,4-8H2,1-3H3. The average molecular weight is 210 g/mol. The molecule has 0 aromatic carbocycles. The Labute approximate surface area is 92.2 Å². The Morgan fingerprint density at radius 3 is 2.73 bits per heavy atom. The van der Waals surface area contributed by atoms with E-state index in [1.54, 1.807) is 0 Å². The van der Waals surface area contributed by atoms with Crippen molar-refractivity contribution in [3.8, 4) is 0 Å². The zero-order chi connectivity index (χ0) is 11.1. The van der Waals surface area contributed by atoms with E-state index in [9.17, 15) is 4.79 Å². The fourth-order valence-electron chi connectivity index (χ4n) is 2.73. The third-order valence-corrected chi connectivity index (χ3v) is 3.60. The number of piperidine rings is 1. The molecule has 0 spiro atoms. The second-order valence-corrected chi connectivity index (χ2v) is 5.84. The van der Waals surface area contributed by atoms with Crippen LogP contribution < -0.4 is 5.32 Å². The first-order valence-electron chi connectivity index (χ1n) is 6.01. The second-order valence-electron chi connectivity index (χ2n) is 5.84. The molecule has 0 saturated carbocycles. The van der Waals surface area contributed by atoms with Gasteiger partial charge in [-0.05, 0) is 19.3 Å². The molecule has 2 rings (SSSR count). The fourth-order valence-corrected chi connectivity index (χ4v) is 2.73. The molecule has 0 aromatic heterocycles.